The van der Waals surface area contributed by atoms with Crippen LogP contribution in [0.2, 0.25) is 0 Å². The number of benzene rings is 3. The molecule has 10 nitrogen and oxygen atoms in total. The number of methoxy groups -OCH3 is 2. The van der Waals surface area contributed by atoms with Gasteiger partial charge in [-0.3, -0.25) is 9.69 Å². The van der Waals surface area contributed by atoms with E-state index in [1.807, 2.05) is 0 Å². The molecule has 0 saturated carbocycles. The molecule has 0 N–H and O–H groups in total. The lowest BCUT2D eigenvalue weighted by atomic mass is 9.94. The summed E-state index contributed by atoms with van der Waals surface area (Å²) in [5.41, 5.74) is -6.36. The minimum Gasteiger partial charge on any atom is -0.497 e. The highest BCUT2D eigenvalue weighted by Gasteiger charge is 2.55. The van der Waals surface area contributed by atoms with Crippen LogP contribution in [0.25, 0.3) is 11.3 Å². The first kappa shape index (κ1) is 42.9. The number of ether oxygens (including phenoxy) is 4. The number of alkyl halides is 3. The molecule has 2 amide bonds. The Bertz CT molecular complexity index is 2270. The number of aromatic nitrogens is 1. The highest BCUT2D eigenvalue weighted by molar-refractivity contribution is 9.10. The van der Waals surface area contributed by atoms with Gasteiger partial charge in [0, 0.05) is 19.6 Å². The number of amides is 2. The van der Waals surface area contributed by atoms with Gasteiger partial charge in [0.2, 0.25) is 5.88 Å². The van der Waals surface area contributed by atoms with E-state index < -0.39 is 109 Å². The fourth-order valence-corrected chi connectivity index (χ4v) is 9.00. The monoisotopic (exact) mass is 904 g/mol. The minimum atomic E-state index is -5.40. The normalized spacial score (nSPS) is 19.9. The van der Waals surface area contributed by atoms with Crippen LogP contribution in [0.3, 0.4) is 0 Å². The van der Waals surface area contributed by atoms with E-state index in [2.05, 4.69) is 20.9 Å². The van der Waals surface area contributed by atoms with Gasteiger partial charge in [0.25, 0.3) is 5.91 Å². The summed E-state index contributed by atoms with van der Waals surface area (Å²) in [4.78, 5) is 36.2. The molecule has 3 aromatic carbocycles. The maximum Gasteiger partial charge on any atom is 0.417 e. The van der Waals surface area contributed by atoms with E-state index in [9.17, 15) is 9.59 Å². The van der Waals surface area contributed by atoms with E-state index in [1.165, 1.54) is 24.0 Å². The lowest BCUT2D eigenvalue weighted by Crippen LogP contribution is -2.65. The molecule has 0 radical (unpaired) electrons. The Hall–Kier alpha value is -5.19. The van der Waals surface area contributed by atoms with Crippen LogP contribution in [0.4, 0.5) is 36.8 Å². The van der Waals surface area contributed by atoms with Crippen molar-refractivity contribution >= 4 is 33.6 Å². The van der Waals surface area contributed by atoms with Gasteiger partial charge in [-0.05, 0) is 104 Å². The van der Waals surface area contributed by atoms with E-state index in [4.69, 9.17) is 18.9 Å². The van der Waals surface area contributed by atoms with Crippen molar-refractivity contribution in [3.63, 3.8) is 0 Å². The second-order valence-electron chi connectivity index (χ2n) is 16.1. The van der Waals surface area contributed by atoms with Gasteiger partial charge in [-0.1, -0.05) is 24.3 Å². The summed E-state index contributed by atoms with van der Waals surface area (Å²) < 4.78 is 118. The summed E-state index contributed by atoms with van der Waals surface area (Å²) in [5.74, 6) is -5.05. The first-order valence-corrected chi connectivity index (χ1v) is 20.0. The quantitative estimate of drug-likeness (QED) is 0.162. The summed E-state index contributed by atoms with van der Waals surface area (Å²) in [6, 6.07) is 11.3. The Morgan fingerprint density at radius 1 is 0.900 bits per heavy atom. The van der Waals surface area contributed by atoms with Gasteiger partial charge in [0.15, 0.2) is 17.5 Å². The van der Waals surface area contributed by atoms with Crippen LogP contribution in [-0.4, -0.2) is 77.4 Å². The number of pyridine rings is 1. The van der Waals surface area contributed by atoms with Crippen LogP contribution < -0.4 is 19.1 Å². The Labute approximate surface area is 351 Å². The number of anilines is 1. The van der Waals surface area contributed by atoms with Crippen LogP contribution >= 0.6 is 15.9 Å². The van der Waals surface area contributed by atoms with E-state index in [0.717, 1.165) is 6.92 Å². The largest absolute Gasteiger partial charge is 0.497 e. The second-order valence-corrected chi connectivity index (χ2v) is 16.9. The van der Waals surface area contributed by atoms with Gasteiger partial charge < -0.3 is 28.7 Å². The fourth-order valence-electron chi connectivity index (χ4n) is 8.48. The van der Waals surface area contributed by atoms with Crippen LogP contribution in [0.1, 0.15) is 73.1 Å². The average Bonchev–Trinajstić information content (AvgIpc) is 3.44. The van der Waals surface area contributed by atoms with Crippen molar-refractivity contribution in [1.82, 2.24) is 14.8 Å². The predicted molar refractivity (Wildman–Crippen MR) is 213 cm³/mol. The van der Waals surface area contributed by atoms with Crippen LogP contribution in [-0.2, 0) is 24.0 Å². The number of fused-ring (bicyclic) bond motifs is 5. The summed E-state index contributed by atoms with van der Waals surface area (Å²) in [6.07, 6.45) is -5.88. The zero-order valence-corrected chi connectivity index (χ0v) is 35.4. The number of hydrogen-bond donors (Lipinski definition) is 0. The Morgan fingerprint density at radius 2 is 1.47 bits per heavy atom. The fraction of sp³-hybridized carbons (Fsp3) is 0.419. The second kappa shape index (κ2) is 16.0. The first-order chi connectivity index (χ1) is 28.2. The molecule has 60 heavy (non-hydrogen) atoms. The number of halogens is 7. The molecule has 0 aliphatic carbocycles. The SMILES string of the molecule is COc1ccc(CN(Cc2ccc(OC)cc2)c2c(F)c(C)c(C(F)(F)F)c(-c3nc4c(c(Br)c3F)C(=O)N3C[C@H]5CC[C@@H]([C@H]3[C@H](C)O4)N5C(=O)OC(C)(C)C)c2F)cc1. The van der Waals surface area contributed by atoms with Gasteiger partial charge in [-0.15, -0.1) is 0 Å². The van der Waals surface area contributed by atoms with E-state index >= 15 is 26.3 Å². The van der Waals surface area contributed by atoms with Crippen molar-refractivity contribution in [2.45, 2.75) is 96.6 Å². The first-order valence-electron chi connectivity index (χ1n) is 19.2. The molecule has 2 fully saturated rings. The average molecular weight is 906 g/mol. The molecule has 17 heteroatoms. The molecule has 2 bridgehead atoms. The molecule has 3 aliphatic rings. The number of hydrogen-bond acceptors (Lipinski definition) is 8. The zero-order valence-electron chi connectivity index (χ0n) is 33.8. The standard InChI is InChI=1S/C43H43BrF6N4O6/c1-21-31(43(48,49)50)29(34(46)38(33(21)45)52(18-23-8-13-26(57-6)14-9-23)19-24-10-15-27(58-7)16-11-24)36-35(47)32(44)30-39(51-36)59-22(2)37-28-17-12-25(20-53(37)40(30)55)54(28)41(56)60-42(3,4)5/h8-11,13-16,22,25,28,37H,12,17-20H2,1-7H3/t22-,25+,28-,37+/m0/s1. The van der Waals surface area contributed by atoms with E-state index in [0.29, 0.717) is 35.5 Å². The van der Waals surface area contributed by atoms with E-state index in [1.54, 1.807) is 81.1 Å². The summed E-state index contributed by atoms with van der Waals surface area (Å²) >= 11 is 3.10. The van der Waals surface area contributed by atoms with Gasteiger partial charge in [0.1, 0.15) is 40.1 Å². The van der Waals surface area contributed by atoms with Gasteiger partial charge in [0.05, 0.1) is 47.9 Å². The number of rotatable bonds is 8. The van der Waals surface area contributed by atoms with Gasteiger partial charge in [-0.2, -0.15) is 13.2 Å². The molecule has 320 valence electrons. The minimum absolute atomic E-state index is 0.0355. The number of carbonyl (C=O) groups excluding carboxylic acids is 2. The van der Waals surface area contributed by atoms with Crippen LogP contribution in [0.15, 0.2) is 53.0 Å². The van der Waals surface area contributed by atoms with Crippen molar-refractivity contribution in [2.75, 3.05) is 25.7 Å². The number of nitrogens with zero attached hydrogens (tertiary/aromatic N) is 4. The van der Waals surface area contributed by atoms with Gasteiger partial charge in [-0.25, -0.2) is 22.9 Å². The molecular weight excluding hydrogens is 862 g/mol. The van der Waals surface area contributed by atoms with Crippen molar-refractivity contribution in [1.29, 1.82) is 0 Å². The molecule has 0 unspecified atom stereocenters. The summed E-state index contributed by atoms with van der Waals surface area (Å²) in [5, 5.41) is 0. The third-order valence-electron chi connectivity index (χ3n) is 11.1. The third kappa shape index (κ3) is 7.80. The smallest absolute Gasteiger partial charge is 0.417 e. The molecule has 4 heterocycles. The Balaban J connectivity index is 1.37. The van der Waals surface area contributed by atoms with Crippen LogP contribution in [0, 0.1) is 24.4 Å². The van der Waals surface area contributed by atoms with Crippen LogP contribution in [0.5, 0.6) is 17.4 Å². The third-order valence-corrected chi connectivity index (χ3v) is 11.8. The summed E-state index contributed by atoms with van der Waals surface area (Å²) in [7, 11) is 2.93. The maximum atomic E-state index is 17.4. The van der Waals surface area contributed by atoms with Gasteiger partial charge >= 0.3 is 12.3 Å². The van der Waals surface area contributed by atoms with Crippen molar-refractivity contribution in [3.8, 4) is 28.6 Å². The molecular formula is C43H43BrF6N4O6. The lowest BCUT2D eigenvalue weighted by molar-refractivity contribution is -0.137. The predicted octanol–water partition coefficient (Wildman–Crippen LogP) is 9.85. The molecule has 4 aromatic rings. The molecule has 7 rings (SSSR count). The summed E-state index contributed by atoms with van der Waals surface area (Å²) in [6.45, 7) is 7.26. The number of carbonyl (C=O) groups is 2. The molecule has 4 atom stereocenters. The molecule has 2 saturated heterocycles. The van der Waals surface area contributed by atoms with Crippen molar-refractivity contribution in [3.05, 3.63) is 98.3 Å². The number of piperazine rings is 1. The highest BCUT2D eigenvalue weighted by Crippen LogP contribution is 2.49. The lowest BCUT2D eigenvalue weighted by Gasteiger charge is -2.47. The molecule has 3 aliphatic heterocycles. The Morgan fingerprint density at radius 3 is 1.98 bits per heavy atom. The van der Waals surface area contributed by atoms with Crippen molar-refractivity contribution < 1.29 is 54.9 Å². The maximum absolute atomic E-state index is 17.4. The molecule has 1 aromatic heterocycles. The molecule has 0 spiro atoms. The topological polar surface area (TPSA) is 93.7 Å². The van der Waals surface area contributed by atoms with Crippen molar-refractivity contribution in [2.24, 2.45) is 0 Å². The highest BCUT2D eigenvalue weighted by atomic mass is 79.9. The Kier molecular flexibility index (Phi) is 11.5. The van der Waals surface area contributed by atoms with E-state index in [-0.39, 0.29) is 19.6 Å². The zero-order chi connectivity index (χ0) is 43.6.